The number of nitrogens with one attached hydrogen (secondary N) is 7. The van der Waals surface area contributed by atoms with Gasteiger partial charge in [-0.2, -0.15) is 0 Å². The third-order valence-electron chi connectivity index (χ3n) is 14.5. The van der Waals surface area contributed by atoms with Crippen molar-refractivity contribution < 1.29 is 99.8 Å². The molecule has 96 heavy (non-hydrogen) atoms. The molecular weight excluding hydrogens is 1310 g/mol. The number of carboxylic acids is 4. The molecule has 0 aliphatic carbocycles. The van der Waals surface area contributed by atoms with Crippen LogP contribution in [0.2, 0.25) is 0 Å². The van der Waals surface area contributed by atoms with Crippen LogP contribution in [-0.2, 0) is 71.4 Å². The number of aliphatic carboxylic acids is 4. The number of sulfonamides is 1. The van der Waals surface area contributed by atoms with Gasteiger partial charge in [0.05, 0.1) is 86.2 Å². The summed E-state index contributed by atoms with van der Waals surface area (Å²) >= 11 is 0. The lowest BCUT2D eigenvalue weighted by molar-refractivity contribution is -0.140. The van der Waals surface area contributed by atoms with Crippen molar-refractivity contribution in [2.75, 3.05) is 149 Å². The molecule has 0 radical (unpaired) electrons. The third-order valence-corrected chi connectivity index (χ3v) is 17.0. The van der Waals surface area contributed by atoms with Crippen LogP contribution in [0.25, 0.3) is 10.9 Å². The van der Waals surface area contributed by atoms with Crippen molar-refractivity contribution in [2.24, 2.45) is 7.05 Å². The van der Waals surface area contributed by atoms with Gasteiger partial charge in [0.15, 0.2) is 11.6 Å². The Morgan fingerprint density at radius 3 is 1.73 bits per heavy atom. The monoisotopic (exact) mass is 1390 g/mol. The molecule has 0 saturated carbocycles. The SMILES string of the molecule is Cc1cc(OCCCC(=O)NCCCOCCOCCOCCCNC(=O)[C@@H](CS(O)(O)O)NC(=O)CN2CCN(CC(=O)O)CCN(CC(=O)O)CCN(CC(=O)O)CC2)cc(C)c1S(=O)(=O)NC(=CNC(=O)c1cn(C)c2cc(CNc3ncc[nH]3)ccc2c1=O)C(=O)O. The molecule has 1 atom stereocenters. The molecule has 532 valence electrons. The number of pyridine rings is 1. The fraction of sp³-hybridized carbons (Fsp3) is 0.525. The van der Waals surface area contributed by atoms with E-state index in [0.29, 0.717) is 62.4 Å². The van der Waals surface area contributed by atoms with Crippen LogP contribution in [0.5, 0.6) is 5.75 Å². The highest BCUT2D eigenvalue weighted by molar-refractivity contribution is 8.19. The number of hydrogen-bond donors (Lipinski definition) is 14. The molecule has 3 heterocycles. The number of imidazole rings is 1. The van der Waals surface area contributed by atoms with Crippen molar-refractivity contribution in [1.29, 1.82) is 0 Å². The number of H-pyrrole nitrogens is 1. The van der Waals surface area contributed by atoms with Crippen molar-refractivity contribution >= 4 is 85.3 Å². The average molecular weight is 1390 g/mol. The van der Waals surface area contributed by atoms with Crippen molar-refractivity contribution in [3.8, 4) is 5.75 Å². The largest absolute Gasteiger partial charge is 0.494 e. The number of ether oxygens (including phenoxy) is 4. The number of aromatic nitrogens is 3. The summed E-state index contributed by atoms with van der Waals surface area (Å²) in [6.45, 7) is 5.04. The molecule has 37 heteroatoms. The van der Waals surface area contributed by atoms with E-state index in [-0.39, 0.29) is 164 Å². The van der Waals surface area contributed by atoms with Gasteiger partial charge in [-0.3, -0.25) is 62.7 Å². The minimum atomic E-state index is -4.55. The highest BCUT2D eigenvalue weighted by Crippen LogP contribution is 2.33. The first-order valence-electron chi connectivity index (χ1n) is 30.5. The first kappa shape index (κ1) is 78.4. The van der Waals surface area contributed by atoms with Gasteiger partial charge in [-0.25, -0.2) is 18.2 Å². The predicted octanol–water partition coefficient (Wildman–Crippen LogP) is -0.470. The van der Waals surface area contributed by atoms with E-state index in [4.69, 9.17) is 18.9 Å². The van der Waals surface area contributed by atoms with Gasteiger partial charge in [-0.15, -0.1) is 0 Å². The lowest BCUT2D eigenvalue weighted by atomic mass is 10.1. The van der Waals surface area contributed by atoms with Crippen molar-refractivity contribution in [3.05, 3.63) is 93.3 Å². The minimum Gasteiger partial charge on any atom is -0.494 e. The van der Waals surface area contributed by atoms with Crippen LogP contribution in [0.3, 0.4) is 0 Å². The quantitative estimate of drug-likeness (QED) is 0.0198. The Morgan fingerprint density at radius 2 is 1.22 bits per heavy atom. The van der Waals surface area contributed by atoms with Gasteiger partial charge in [0, 0.05) is 129 Å². The van der Waals surface area contributed by atoms with Gasteiger partial charge in [-0.1, -0.05) is 6.07 Å². The smallest absolute Gasteiger partial charge is 0.354 e. The fourth-order valence-electron chi connectivity index (χ4n) is 9.91. The topological polar surface area (TPSA) is 485 Å². The van der Waals surface area contributed by atoms with Crippen LogP contribution in [0, 0.1) is 13.8 Å². The number of hydrogen-bond acceptors (Lipinski definition) is 24. The van der Waals surface area contributed by atoms with Gasteiger partial charge in [0.25, 0.3) is 15.9 Å². The standard InChI is InChI=1S/C59H87N13O22S2/c1-40-29-43(30-41(2)55(40)96(89,90)67-46(58(84)85)33-64-56(82)45-34-68(3)48-31-42(8-9-44(48)54(45)81)32-65-59-62-12-13-63-59)94-24-4-7-49(73)60-10-5-22-91-25-27-93-28-26-92-23-6-11-61-57(83)47(39-95(86,87)88)66-50(74)35-69-14-16-70(36-51(75)76)18-20-72(38-53(79)80)21-19-71(17-15-69)37-52(77)78/h8-9,12-13,29-31,33-34,47,67,86-88H,4-7,10-11,14-28,32,35-39H2,1-3H3,(H,60,73)(H,61,83)(H,64,82)(H,66,74)(H,75,76)(H,77,78)(H,79,80)(H,84,85)(H2,62,63,65)/t47-/m1/s1. The van der Waals surface area contributed by atoms with E-state index in [9.17, 15) is 85.7 Å². The van der Waals surface area contributed by atoms with Crippen LogP contribution in [0.1, 0.15) is 52.7 Å². The van der Waals surface area contributed by atoms with E-state index in [2.05, 4.69) is 36.6 Å². The van der Waals surface area contributed by atoms with Crippen molar-refractivity contribution in [1.82, 2.24) is 60.1 Å². The highest BCUT2D eigenvalue weighted by Gasteiger charge is 2.30. The zero-order chi connectivity index (χ0) is 70.4. The van der Waals surface area contributed by atoms with Gasteiger partial charge < -0.3 is 89.2 Å². The molecule has 1 aliphatic heterocycles. The van der Waals surface area contributed by atoms with Gasteiger partial charge in [0.2, 0.25) is 23.2 Å². The van der Waals surface area contributed by atoms with Gasteiger partial charge in [-0.05, 0) is 74.1 Å². The maximum absolute atomic E-state index is 13.6. The lowest BCUT2D eigenvalue weighted by Crippen LogP contribution is -2.53. The third kappa shape index (κ3) is 28.5. The summed E-state index contributed by atoms with van der Waals surface area (Å²) in [6, 6.07) is 6.38. The number of aryl methyl sites for hydroxylation is 3. The first-order valence-corrected chi connectivity index (χ1v) is 33.7. The minimum absolute atomic E-state index is 0.0480. The average Bonchev–Trinajstić information content (AvgIpc) is 0.850. The number of amides is 4. The van der Waals surface area contributed by atoms with Crippen LogP contribution in [0.4, 0.5) is 5.95 Å². The molecule has 4 aromatic rings. The molecule has 4 amide bonds. The Morgan fingerprint density at radius 1 is 0.688 bits per heavy atom. The normalized spacial score (nSPS) is 14.8. The van der Waals surface area contributed by atoms with E-state index >= 15 is 0 Å². The molecule has 0 unspecified atom stereocenters. The second kappa shape index (κ2) is 39.6. The number of rotatable bonds is 40. The van der Waals surface area contributed by atoms with Crippen molar-refractivity contribution in [2.45, 2.75) is 57.0 Å². The van der Waals surface area contributed by atoms with Gasteiger partial charge in [0.1, 0.15) is 17.4 Å². The van der Waals surface area contributed by atoms with E-state index < -0.39 is 85.4 Å². The van der Waals surface area contributed by atoms with Gasteiger partial charge >= 0.3 is 23.9 Å². The Labute approximate surface area is 555 Å². The van der Waals surface area contributed by atoms with E-state index in [1.807, 2.05) is 4.72 Å². The zero-order valence-electron chi connectivity index (χ0n) is 53.6. The molecule has 2 aromatic carbocycles. The molecule has 5 rings (SSSR count). The van der Waals surface area contributed by atoms with E-state index in [1.165, 1.54) is 32.2 Å². The molecule has 0 spiro atoms. The molecule has 0 bridgehead atoms. The number of carbonyl (C=O) groups is 8. The summed E-state index contributed by atoms with van der Waals surface area (Å²) in [6.07, 6.45) is 6.50. The Bertz CT molecular complexity index is 3420. The summed E-state index contributed by atoms with van der Waals surface area (Å²) < 4.78 is 82.7. The number of benzene rings is 2. The Hall–Kier alpha value is -8.34. The maximum Gasteiger partial charge on any atom is 0.354 e. The van der Waals surface area contributed by atoms with Crippen LogP contribution in [-0.4, -0.2) is 274 Å². The molecule has 35 nitrogen and oxygen atoms in total. The van der Waals surface area contributed by atoms with E-state index in [1.54, 1.807) is 61.8 Å². The molecule has 1 aliphatic rings. The number of nitrogens with zero attached hydrogens (tertiary/aromatic N) is 6. The number of carboxylic acid groups (broad SMARTS) is 4. The second-order valence-electron chi connectivity index (χ2n) is 22.3. The fourth-order valence-corrected chi connectivity index (χ4v) is 12.1. The summed E-state index contributed by atoms with van der Waals surface area (Å²) in [5.74, 6) is -7.90. The summed E-state index contributed by atoms with van der Waals surface area (Å²) in [5, 5.41) is 51.6. The number of anilines is 1. The summed E-state index contributed by atoms with van der Waals surface area (Å²) in [7, 11) is -7.19. The number of fused-ring (bicyclic) bond motifs is 1. The second-order valence-corrected chi connectivity index (χ2v) is 25.5. The molecule has 2 aromatic heterocycles. The summed E-state index contributed by atoms with van der Waals surface area (Å²) in [5.41, 5.74) is -0.0543. The van der Waals surface area contributed by atoms with Crippen LogP contribution in [0.15, 0.2) is 70.5 Å². The molecule has 1 fully saturated rings. The first-order chi connectivity index (χ1) is 45.6. The predicted molar refractivity (Wildman–Crippen MR) is 348 cm³/mol. The van der Waals surface area contributed by atoms with E-state index in [0.717, 1.165) is 5.56 Å². The number of aromatic amines is 1. The molecule has 1 saturated heterocycles. The number of carbonyl (C=O) groups excluding carboxylic acids is 4. The molecule has 14 N–H and O–H groups in total. The van der Waals surface area contributed by atoms with Crippen molar-refractivity contribution in [3.63, 3.8) is 0 Å². The van der Waals surface area contributed by atoms with Crippen LogP contribution < -0.4 is 41.5 Å². The lowest BCUT2D eigenvalue weighted by Gasteiger charge is -2.33. The van der Waals surface area contributed by atoms with Crippen LogP contribution >= 0.6 is 10.9 Å². The Balaban J connectivity index is 0.924. The Kier molecular flexibility index (Phi) is 32.4. The molecular formula is C59H87N13O22S2. The maximum atomic E-state index is 13.6. The highest BCUT2D eigenvalue weighted by atomic mass is 32.3. The zero-order valence-corrected chi connectivity index (χ0v) is 55.3. The summed E-state index contributed by atoms with van der Waals surface area (Å²) in [4.78, 5) is 126.